The van der Waals surface area contributed by atoms with Gasteiger partial charge in [0.05, 0.1) is 18.5 Å². The Morgan fingerprint density at radius 1 is 1.00 bits per heavy atom. The van der Waals surface area contributed by atoms with Gasteiger partial charge in [0.25, 0.3) is 5.91 Å². The molecule has 1 fully saturated rings. The van der Waals surface area contributed by atoms with Crippen molar-refractivity contribution in [1.82, 2.24) is 9.29 Å². The van der Waals surface area contributed by atoms with Gasteiger partial charge in [-0.25, -0.2) is 13.6 Å². The number of hydrogen-bond acceptors (Lipinski definition) is 6. The van der Waals surface area contributed by atoms with Crippen LogP contribution in [0.25, 0.3) is 12.2 Å². The van der Waals surface area contributed by atoms with E-state index in [2.05, 4.69) is 24.6 Å². The fourth-order valence-corrected chi connectivity index (χ4v) is 6.53. The van der Waals surface area contributed by atoms with Gasteiger partial charge in [-0.1, -0.05) is 68.2 Å². The quantitative estimate of drug-likeness (QED) is 0.327. The number of carbonyl (C=O) groups is 1. The number of hydrogen-bond donors (Lipinski definition) is 0. The van der Waals surface area contributed by atoms with Crippen LogP contribution in [-0.4, -0.2) is 51.9 Å². The van der Waals surface area contributed by atoms with Crippen molar-refractivity contribution < 1.29 is 22.7 Å². The molecule has 0 radical (unpaired) electrons. The molecular weight excluding hydrogens is 518 g/mol. The van der Waals surface area contributed by atoms with Crippen molar-refractivity contribution in [3.8, 4) is 11.6 Å². The molecule has 4 rings (SSSR count). The van der Waals surface area contributed by atoms with Crippen LogP contribution in [0.1, 0.15) is 16.8 Å². The van der Waals surface area contributed by atoms with E-state index in [1.807, 2.05) is 54.6 Å². The predicted octanol–water partition coefficient (Wildman–Crippen LogP) is 5.07. The van der Waals surface area contributed by atoms with Gasteiger partial charge in [-0.2, -0.15) is 8.42 Å². The minimum atomic E-state index is -4.02. The third-order valence-electron chi connectivity index (χ3n) is 6.07. The number of nitrogens with zero attached hydrogens (tertiary/aromatic N) is 3. The highest BCUT2D eigenvalue weighted by atomic mass is 32.2. The summed E-state index contributed by atoms with van der Waals surface area (Å²) in [5, 5.41) is 0. The van der Waals surface area contributed by atoms with Gasteiger partial charge in [-0.3, -0.25) is 4.79 Å². The van der Waals surface area contributed by atoms with E-state index in [0.717, 1.165) is 19.7 Å². The zero-order valence-electron chi connectivity index (χ0n) is 22.1. The van der Waals surface area contributed by atoms with Gasteiger partial charge >= 0.3 is 10.2 Å². The van der Waals surface area contributed by atoms with E-state index in [4.69, 9.17) is 9.47 Å². The van der Waals surface area contributed by atoms with Crippen LogP contribution < -0.4 is 13.8 Å². The summed E-state index contributed by atoms with van der Waals surface area (Å²) in [4.78, 5) is 17.2. The van der Waals surface area contributed by atoms with Crippen LogP contribution in [0, 0.1) is 0 Å². The average molecular weight is 552 g/mol. The third kappa shape index (κ3) is 6.62. The molecule has 10 heteroatoms. The zero-order valence-corrected chi connectivity index (χ0v) is 23.9. The summed E-state index contributed by atoms with van der Waals surface area (Å²) >= 11 is 0. The summed E-state index contributed by atoms with van der Waals surface area (Å²) < 4.78 is 40.4. The first-order valence-electron chi connectivity index (χ1n) is 12.4. The van der Waals surface area contributed by atoms with Crippen LogP contribution in [0.3, 0.4) is 0 Å². The third-order valence-corrected chi connectivity index (χ3v) is 9.62. The lowest BCUT2D eigenvalue weighted by Crippen LogP contribution is -2.37. The minimum absolute atomic E-state index is 0.196. The molecule has 1 amide bonds. The van der Waals surface area contributed by atoms with Crippen LogP contribution in [-0.2, 0) is 21.6 Å². The van der Waals surface area contributed by atoms with E-state index in [-0.39, 0.29) is 19.7 Å². The second kappa shape index (κ2) is 11.4. The Kier molecular flexibility index (Phi) is 8.22. The van der Waals surface area contributed by atoms with Gasteiger partial charge < -0.3 is 9.47 Å². The number of aromatic nitrogens is 1. The maximum absolute atomic E-state index is 13.5. The fourth-order valence-electron chi connectivity index (χ4n) is 3.93. The molecule has 0 aliphatic carbocycles. The monoisotopic (exact) mass is 551 g/mol. The van der Waals surface area contributed by atoms with E-state index >= 15 is 0 Å². The van der Waals surface area contributed by atoms with Gasteiger partial charge in [-0.05, 0) is 41.4 Å². The van der Waals surface area contributed by atoms with Crippen molar-refractivity contribution in [3.63, 3.8) is 0 Å². The van der Waals surface area contributed by atoms with Gasteiger partial charge in [-0.15, -0.1) is 0 Å². The van der Waals surface area contributed by atoms with Gasteiger partial charge in [0.1, 0.15) is 18.9 Å². The molecule has 38 heavy (non-hydrogen) atoms. The zero-order chi connectivity index (χ0) is 27.3. The van der Waals surface area contributed by atoms with Crippen LogP contribution in [0.4, 0.5) is 5.69 Å². The van der Waals surface area contributed by atoms with E-state index in [9.17, 15) is 13.2 Å². The summed E-state index contributed by atoms with van der Waals surface area (Å²) in [5.41, 5.74) is 2.78. The van der Waals surface area contributed by atoms with Crippen molar-refractivity contribution in [1.29, 1.82) is 0 Å². The largest absolute Gasteiger partial charge is 0.487 e. The fraction of sp³-hybridized carbons (Fsp3) is 0.286. The minimum Gasteiger partial charge on any atom is -0.487 e. The van der Waals surface area contributed by atoms with Gasteiger partial charge in [0.2, 0.25) is 5.88 Å². The summed E-state index contributed by atoms with van der Waals surface area (Å²) in [6.07, 6.45) is 3.71. The van der Waals surface area contributed by atoms with Crippen molar-refractivity contribution in [2.24, 2.45) is 0 Å². The molecule has 0 unspecified atom stereocenters. The molecule has 0 spiro atoms. The van der Waals surface area contributed by atoms with Crippen molar-refractivity contribution in [2.45, 2.75) is 32.3 Å². The highest BCUT2D eigenvalue weighted by Gasteiger charge is 2.43. The molecule has 1 aliphatic heterocycles. The summed E-state index contributed by atoms with van der Waals surface area (Å²) in [7, 11) is -4.00. The Balaban J connectivity index is 1.65. The molecule has 200 valence electrons. The Morgan fingerprint density at radius 3 is 2.47 bits per heavy atom. The highest BCUT2D eigenvalue weighted by Crippen LogP contribution is 2.36. The van der Waals surface area contributed by atoms with Crippen molar-refractivity contribution in [2.75, 3.05) is 24.5 Å². The lowest BCUT2D eigenvalue weighted by Gasteiger charge is -2.24. The molecule has 1 saturated heterocycles. The van der Waals surface area contributed by atoms with Gasteiger partial charge in [0.15, 0.2) is 0 Å². The van der Waals surface area contributed by atoms with Crippen LogP contribution >= 0.6 is 0 Å². The molecule has 0 bridgehead atoms. The maximum Gasteiger partial charge on any atom is 0.329 e. The molecule has 2 heterocycles. The van der Waals surface area contributed by atoms with Crippen LogP contribution in [0.5, 0.6) is 11.6 Å². The normalized spacial score (nSPS) is 15.3. The van der Waals surface area contributed by atoms with Gasteiger partial charge in [0, 0.05) is 20.7 Å². The lowest BCUT2D eigenvalue weighted by molar-refractivity contribution is -0.123. The molecule has 0 N–H and O–H groups in total. The number of ether oxygens (including phenoxy) is 2. The number of rotatable bonds is 10. The number of benzene rings is 2. The smallest absolute Gasteiger partial charge is 0.329 e. The van der Waals surface area contributed by atoms with E-state index < -0.39 is 24.2 Å². The number of anilines is 1. The molecule has 2 aromatic carbocycles. The average Bonchev–Trinajstić information content (AvgIpc) is 3.12. The lowest BCUT2D eigenvalue weighted by atomic mass is 10.1. The number of amides is 1. The molecule has 1 aromatic heterocycles. The Hall–Kier alpha value is -3.63. The number of carbonyl (C=O) groups excluding carboxylic acids is 1. The first kappa shape index (κ1) is 27.4. The summed E-state index contributed by atoms with van der Waals surface area (Å²) in [6, 6.07) is 21.1. The van der Waals surface area contributed by atoms with Crippen molar-refractivity contribution >= 4 is 42.0 Å². The maximum atomic E-state index is 13.5. The molecule has 0 atom stereocenters. The summed E-state index contributed by atoms with van der Waals surface area (Å²) in [5.74, 6) is 0.459. The Bertz CT molecular complexity index is 1420. The standard InChI is InChI=1S/C28H33N3O5SSi/c1-35-27-12-8-11-24(29-27)15-13-22-14-16-25(26(19-22)36-21-23-9-6-5-7-10-23)31-20-28(32)30(37(31,33)34)17-18-38(2,3)4/h5-16,19H,17-18,20-21H2,1-4H3. The van der Waals surface area contributed by atoms with Crippen molar-refractivity contribution in [3.05, 3.63) is 83.6 Å². The van der Waals surface area contributed by atoms with E-state index in [1.165, 1.54) is 0 Å². The first-order chi connectivity index (χ1) is 18.1. The summed E-state index contributed by atoms with van der Waals surface area (Å²) in [6.45, 7) is 6.66. The van der Waals surface area contributed by atoms with E-state index in [0.29, 0.717) is 29.1 Å². The Morgan fingerprint density at radius 2 is 1.76 bits per heavy atom. The van der Waals surface area contributed by atoms with Crippen LogP contribution in [0.15, 0.2) is 66.7 Å². The Labute approximate surface area is 225 Å². The van der Waals surface area contributed by atoms with E-state index in [1.54, 1.807) is 31.4 Å². The first-order valence-corrected chi connectivity index (χ1v) is 17.5. The highest BCUT2D eigenvalue weighted by molar-refractivity contribution is 7.91. The molecule has 0 saturated carbocycles. The molecular formula is C28H33N3O5SSi. The molecule has 8 nitrogen and oxygen atoms in total. The number of pyridine rings is 1. The topological polar surface area (TPSA) is 89.0 Å². The molecule has 1 aliphatic rings. The number of methoxy groups -OCH3 is 1. The SMILES string of the molecule is COc1cccc(C=Cc2ccc(N3CC(=O)N(CC[Si](C)(C)C)S3(=O)=O)c(OCc3ccccc3)c2)n1. The van der Waals surface area contributed by atoms with Crippen LogP contribution in [0.2, 0.25) is 25.7 Å². The predicted molar refractivity (Wildman–Crippen MR) is 153 cm³/mol. The second-order valence-electron chi connectivity index (χ2n) is 10.2. The molecule has 3 aromatic rings. The second-order valence-corrected chi connectivity index (χ2v) is 17.6.